The molecule has 0 radical (unpaired) electrons. The van der Waals surface area contributed by atoms with Gasteiger partial charge in [-0.05, 0) is 37.5 Å². The van der Waals surface area contributed by atoms with Gasteiger partial charge in [0.25, 0.3) is 0 Å². The summed E-state index contributed by atoms with van der Waals surface area (Å²) in [5.74, 6) is 1.01. The Kier molecular flexibility index (Phi) is 9.70. The molecule has 196 valence electrons. The summed E-state index contributed by atoms with van der Waals surface area (Å²) in [5.41, 5.74) is 4.29. The minimum atomic E-state index is -0.0949. The van der Waals surface area contributed by atoms with Crippen molar-refractivity contribution >= 4 is 34.1 Å². The van der Waals surface area contributed by atoms with Crippen molar-refractivity contribution in [1.29, 1.82) is 0 Å². The molecule has 0 fully saturated rings. The van der Waals surface area contributed by atoms with E-state index in [-0.39, 0.29) is 18.4 Å². The van der Waals surface area contributed by atoms with Crippen LogP contribution in [0.4, 0.5) is 5.69 Å². The highest BCUT2D eigenvalue weighted by Gasteiger charge is 2.21. The van der Waals surface area contributed by atoms with E-state index in [9.17, 15) is 4.79 Å². The molecular weight excluding hydrogens is 484 g/mol. The molecular formula is C30H37ClN4O2. The largest absolute Gasteiger partial charge is 0.487 e. The number of carbonyl (C=O) groups is 1. The summed E-state index contributed by atoms with van der Waals surface area (Å²) in [5, 5.41) is 1.46. The van der Waals surface area contributed by atoms with Gasteiger partial charge in [0.05, 0.1) is 10.7 Å². The number of anilines is 1. The quantitative estimate of drug-likeness (QED) is 0.265. The maximum absolute atomic E-state index is 12.9. The fourth-order valence-electron chi connectivity index (χ4n) is 4.25. The number of hydrogen-bond acceptors (Lipinski definition) is 5. The van der Waals surface area contributed by atoms with Crippen LogP contribution >= 0.6 is 11.6 Å². The van der Waals surface area contributed by atoms with Gasteiger partial charge in [-0.2, -0.15) is 0 Å². The number of ether oxygens (including phenoxy) is 1. The molecule has 3 aromatic rings. The number of amides is 1. The highest BCUT2D eigenvalue weighted by Crippen LogP contribution is 2.34. The molecule has 0 N–H and O–H groups in total. The number of carbonyl (C=O) groups excluding carboxylic acids is 1. The maximum atomic E-state index is 12.9. The SMILES string of the molecule is C=CN(/C=C\C)c1cc(C)nc2c(OCc3c(Cl)cncc3CN(CC(C)C)C(=O)C(C)C)cccc12. The van der Waals surface area contributed by atoms with Gasteiger partial charge in [-0.3, -0.25) is 9.78 Å². The Morgan fingerprint density at radius 2 is 1.97 bits per heavy atom. The lowest BCUT2D eigenvalue weighted by Crippen LogP contribution is -2.36. The molecule has 37 heavy (non-hydrogen) atoms. The summed E-state index contributed by atoms with van der Waals surface area (Å²) in [6.45, 7) is 17.2. The van der Waals surface area contributed by atoms with Crippen LogP contribution in [0.2, 0.25) is 5.02 Å². The number of nitrogens with zero attached hydrogens (tertiary/aromatic N) is 4. The molecule has 0 saturated carbocycles. The Morgan fingerprint density at radius 1 is 1.22 bits per heavy atom. The smallest absolute Gasteiger partial charge is 0.225 e. The third kappa shape index (κ3) is 6.89. The number of pyridine rings is 2. The lowest BCUT2D eigenvalue weighted by atomic mass is 10.1. The summed E-state index contributed by atoms with van der Waals surface area (Å²) in [6.07, 6.45) is 9.08. The first-order valence-electron chi connectivity index (χ1n) is 12.6. The molecule has 6 nitrogen and oxygen atoms in total. The topological polar surface area (TPSA) is 58.6 Å². The molecule has 0 bridgehead atoms. The zero-order valence-electron chi connectivity index (χ0n) is 22.7. The number of fused-ring (bicyclic) bond motifs is 1. The molecule has 0 aliphatic carbocycles. The molecule has 1 amide bonds. The lowest BCUT2D eigenvalue weighted by molar-refractivity contribution is -0.135. The fourth-order valence-corrected chi connectivity index (χ4v) is 4.48. The zero-order valence-corrected chi connectivity index (χ0v) is 23.4. The molecule has 0 atom stereocenters. The van der Waals surface area contributed by atoms with Crippen LogP contribution in [0.3, 0.4) is 0 Å². The van der Waals surface area contributed by atoms with Crippen LogP contribution < -0.4 is 9.64 Å². The Bertz CT molecular complexity index is 1290. The van der Waals surface area contributed by atoms with E-state index in [1.165, 1.54) is 0 Å². The minimum Gasteiger partial charge on any atom is -0.487 e. The van der Waals surface area contributed by atoms with E-state index < -0.39 is 0 Å². The molecule has 0 aliphatic rings. The lowest BCUT2D eigenvalue weighted by Gasteiger charge is -2.27. The third-order valence-electron chi connectivity index (χ3n) is 5.91. The Hall–Kier alpha value is -3.38. The average Bonchev–Trinajstić information content (AvgIpc) is 2.85. The molecule has 7 heteroatoms. The molecule has 2 heterocycles. The van der Waals surface area contributed by atoms with E-state index in [4.69, 9.17) is 21.3 Å². The molecule has 2 aromatic heterocycles. The normalized spacial score (nSPS) is 11.5. The van der Waals surface area contributed by atoms with Crippen LogP contribution in [0.15, 0.2) is 61.7 Å². The number of benzene rings is 1. The number of rotatable bonds is 11. The van der Waals surface area contributed by atoms with Crippen LogP contribution in [0, 0.1) is 18.8 Å². The first-order chi connectivity index (χ1) is 17.7. The van der Waals surface area contributed by atoms with Crippen molar-refractivity contribution < 1.29 is 9.53 Å². The summed E-state index contributed by atoms with van der Waals surface area (Å²) >= 11 is 6.60. The predicted octanol–water partition coefficient (Wildman–Crippen LogP) is 7.29. The molecule has 0 aliphatic heterocycles. The van der Waals surface area contributed by atoms with Gasteiger partial charge in [0.1, 0.15) is 17.9 Å². The Balaban J connectivity index is 1.97. The van der Waals surface area contributed by atoms with E-state index in [1.807, 2.05) is 74.0 Å². The minimum absolute atomic E-state index is 0.0949. The van der Waals surface area contributed by atoms with Crippen LogP contribution in [0.25, 0.3) is 10.9 Å². The number of aromatic nitrogens is 2. The number of hydrogen-bond donors (Lipinski definition) is 0. The second-order valence-electron chi connectivity index (χ2n) is 9.82. The molecule has 1 aromatic carbocycles. The van der Waals surface area contributed by atoms with Gasteiger partial charge in [-0.1, -0.05) is 64.1 Å². The van der Waals surface area contributed by atoms with Gasteiger partial charge in [0.2, 0.25) is 5.91 Å². The number of aryl methyl sites for hydroxylation is 1. The van der Waals surface area contributed by atoms with Crippen molar-refractivity contribution in [2.45, 2.75) is 54.7 Å². The molecule has 0 unspecified atom stereocenters. The van der Waals surface area contributed by atoms with Crippen molar-refractivity contribution in [2.75, 3.05) is 11.4 Å². The number of allylic oxidation sites excluding steroid dienone is 1. The van der Waals surface area contributed by atoms with Crippen LogP contribution in [0.5, 0.6) is 5.75 Å². The maximum Gasteiger partial charge on any atom is 0.225 e. The molecule has 0 spiro atoms. The van der Waals surface area contributed by atoms with E-state index >= 15 is 0 Å². The van der Waals surface area contributed by atoms with Crippen molar-refractivity contribution in [3.8, 4) is 5.75 Å². The van der Waals surface area contributed by atoms with Crippen molar-refractivity contribution in [2.24, 2.45) is 11.8 Å². The first-order valence-corrected chi connectivity index (χ1v) is 13.0. The van der Waals surface area contributed by atoms with Crippen LogP contribution in [-0.2, 0) is 17.9 Å². The van der Waals surface area contributed by atoms with Gasteiger partial charge >= 0.3 is 0 Å². The average molecular weight is 521 g/mol. The van der Waals surface area contributed by atoms with E-state index in [1.54, 1.807) is 18.6 Å². The predicted molar refractivity (Wildman–Crippen MR) is 153 cm³/mol. The number of halogens is 1. The standard InChI is InChI=1S/C30H37ClN4O2/c1-8-13-34(9-2)27-14-22(7)33-29-24(27)11-10-12-28(29)37-19-25-23(15-32-16-26(25)31)18-35(17-20(3)4)30(36)21(5)6/h8-16,20-21H,2,17-19H2,1,3-7H3/b13-8-. The monoisotopic (exact) mass is 520 g/mol. The van der Waals surface area contributed by atoms with Crippen LogP contribution in [-0.4, -0.2) is 27.3 Å². The van der Waals surface area contributed by atoms with E-state index in [2.05, 4.69) is 25.4 Å². The second-order valence-corrected chi connectivity index (χ2v) is 10.2. The first kappa shape index (κ1) is 28.2. The Morgan fingerprint density at radius 3 is 2.62 bits per heavy atom. The van der Waals surface area contributed by atoms with Gasteiger partial charge in [-0.25, -0.2) is 4.98 Å². The van der Waals surface area contributed by atoms with Crippen LogP contribution in [0.1, 0.15) is 51.4 Å². The van der Waals surface area contributed by atoms with Crippen molar-refractivity contribution in [3.63, 3.8) is 0 Å². The van der Waals surface area contributed by atoms with Crippen molar-refractivity contribution in [3.05, 3.63) is 83.6 Å². The highest BCUT2D eigenvalue weighted by molar-refractivity contribution is 6.31. The van der Waals surface area contributed by atoms with Gasteiger partial charge < -0.3 is 14.5 Å². The zero-order chi connectivity index (χ0) is 27.1. The summed E-state index contributed by atoms with van der Waals surface area (Å²) in [7, 11) is 0. The fraction of sp³-hybridized carbons (Fsp3) is 0.367. The molecule has 3 rings (SSSR count). The summed E-state index contributed by atoms with van der Waals surface area (Å²) in [4.78, 5) is 25.8. The van der Waals surface area contributed by atoms with E-state index in [0.29, 0.717) is 29.8 Å². The van der Waals surface area contributed by atoms with Gasteiger partial charge in [-0.15, -0.1) is 0 Å². The summed E-state index contributed by atoms with van der Waals surface area (Å²) < 4.78 is 6.34. The Labute approximate surface area is 225 Å². The van der Waals surface area contributed by atoms with Gasteiger partial charge in [0.15, 0.2) is 0 Å². The highest BCUT2D eigenvalue weighted by atomic mass is 35.5. The molecule has 0 saturated heterocycles. The third-order valence-corrected chi connectivity index (χ3v) is 6.24. The van der Waals surface area contributed by atoms with E-state index in [0.717, 1.165) is 33.4 Å². The van der Waals surface area contributed by atoms with Gasteiger partial charge in [0, 0.05) is 60.4 Å². The van der Waals surface area contributed by atoms with Crippen molar-refractivity contribution in [1.82, 2.24) is 14.9 Å². The summed E-state index contributed by atoms with van der Waals surface area (Å²) in [6, 6.07) is 7.92. The number of para-hydroxylation sites is 1. The second kappa shape index (κ2) is 12.7.